The first-order valence-electron chi connectivity index (χ1n) is 11.1. The van der Waals surface area contributed by atoms with E-state index in [-0.39, 0.29) is 5.60 Å². The highest BCUT2D eigenvalue weighted by molar-refractivity contribution is 7.68. The molecule has 0 radical (unpaired) electrons. The molecule has 3 aromatic rings. The van der Waals surface area contributed by atoms with Gasteiger partial charge in [0.25, 0.3) is 0 Å². The molecule has 0 N–H and O–H groups in total. The van der Waals surface area contributed by atoms with Crippen LogP contribution in [0.3, 0.4) is 0 Å². The van der Waals surface area contributed by atoms with Gasteiger partial charge < -0.3 is 4.52 Å². The van der Waals surface area contributed by atoms with Gasteiger partial charge in [-0.25, -0.2) is 0 Å². The Labute approximate surface area is 182 Å². The molecule has 1 saturated carbocycles. The fraction of sp³-hybridized carbons (Fsp3) is 0.370. The first kappa shape index (κ1) is 21.2. The molecule has 1 aliphatic rings. The van der Waals surface area contributed by atoms with Crippen LogP contribution < -0.4 is 10.6 Å². The third kappa shape index (κ3) is 4.36. The van der Waals surface area contributed by atoms with Crippen molar-refractivity contribution in [3.63, 3.8) is 0 Å². The SMILES string of the molecule is CC(C)[C@H]1CC[C@H](C)C[C@@]1(OP(c1ccccc1)c1ccccc1)c1ccccn1. The number of aromatic nitrogens is 1. The molecule has 1 fully saturated rings. The molecule has 30 heavy (non-hydrogen) atoms. The predicted molar refractivity (Wildman–Crippen MR) is 127 cm³/mol. The number of hydrogen-bond acceptors (Lipinski definition) is 2. The highest BCUT2D eigenvalue weighted by atomic mass is 31.1. The van der Waals surface area contributed by atoms with Gasteiger partial charge in [-0.1, -0.05) is 93.9 Å². The molecule has 0 aliphatic heterocycles. The third-order valence-electron chi connectivity index (χ3n) is 6.36. The van der Waals surface area contributed by atoms with Crippen LogP contribution >= 0.6 is 8.15 Å². The van der Waals surface area contributed by atoms with E-state index in [2.05, 4.69) is 93.6 Å². The Bertz CT molecular complexity index is 876. The van der Waals surface area contributed by atoms with E-state index < -0.39 is 8.15 Å². The van der Waals surface area contributed by atoms with Gasteiger partial charge in [0.2, 0.25) is 0 Å². The van der Waals surface area contributed by atoms with Gasteiger partial charge in [0, 0.05) is 16.8 Å². The van der Waals surface area contributed by atoms with Gasteiger partial charge in [0.15, 0.2) is 0 Å². The van der Waals surface area contributed by atoms with E-state index in [0.717, 1.165) is 12.1 Å². The molecule has 1 aromatic heterocycles. The Kier molecular flexibility index (Phi) is 6.66. The first-order chi connectivity index (χ1) is 14.6. The van der Waals surface area contributed by atoms with Crippen molar-refractivity contribution >= 4 is 18.8 Å². The number of pyridine rings is 1. The normalized spacial score (nSPS) is 24.3. The Balaban J connectivity index is 1.85. The Morgan fingerprint density at radius 3 is 2.00 bits per heavy atom. The zero-order valence-electron chi connectivity index (χ0n) is 18.2. The summed E-state index contributed by atoms with van der Waals surface area (Å²) in [5.74, 6) is 1.59. The van der Waals surface area contributed by atoms with Crippen LogP contribution in [-0.2, 0) is 10.1 Å². The van der Waals surface area contributed by atoms with Crippen molar-refractivity contribution in [1.82, 2.24) is 4.98 Å². The van der Waals surface area contributed by atoms with Gasteiger partial charge in [-0.15, -0.1) is 0 Å². The zero-order chi connectivity index (χ0) is 21.0. The van der Waals surface area contributed by atoms with Gasteiger partial charge in [-0.05, 0) is 42.7 Å². The molecule has 0 saturated heterocycles. The van der Waals surface area contributed by atoms with E-state index in [4.69, 9.17) is 9.51 Å². The monoisotopic (exact) mass is 417 g/mol. The lowest BCUT2D eigenvalue weighted by Gasteiger charge is -2.49. The summed E-state index contributed by atoms with van der Waals surface area (Å²) in [4.78, 5) is 4.87. The maximum absolute atomic E-state index is 7.38. The lowest BCUT2D eigenvalue weighted by atomic mass is 9.65. The second-order valence-electron chi connectivity index (χ2n) is 8.90. The van der Waals surface area contributed by atoms with Crippen molar-refractivity contribution in [3.8, 4) is 0 Å². The Hall–Kier alpha value is -2.02. The van der Waals surface area contributed by atoms with Crippen molar-refractivity contribution in [2.45, 2.75) is 45.6 Å². The van der Waals surface area contributed by atoms with E-state index in [1.165, 1.54) is 23.5 Å². The Morgan fingerprint density at radius 1 is 0.867 bits per heavy atom. The standard InChI is InChI=1S/C27H32NOP/c1-21(2)25-18-17-22(3)20-27(25,26-16-10-11-19-28-26)29-30(23-12-6-4-7-13-23)24-14-8-5-9-15-24/h4-16,19,21-22,25H,17-18,20H2,1-3H3/t22-,25+,27-/m0/s1. The third-order valence-corrected chi connectivity index (χ3v) is 8.40. The van der Waals surface area contributed by atoms with E-state index in [1.54, 1.807) is 0 Å². The van der Waals surface area contributed by atoms with E-state index in [1.807, 2.05) is 12.3 Å². The van der Waals surface area contributed by atoms with Gasteiger partial charge in [-0.3, -0.25) is 4.98 Å². The highest BCUT2D eigenvalue weighted by Gasteiger charge is 2.49. The van der Waals surface area contributed by atoms with E-state index >= 15 is 0 Å². The molecular weight excluding hydrogens is 385 g/mol. The minimum absolute atomic E-state index is 0.371. The number of benzene rings is 2. The summed E-state index contributed by atoms with van der Waals surface area (Å²) in [6.07, 6.45) is 5.38. The molecule has 2 nitrogen and oxygen atoms in total. The molecule has 156 valence electrons. The number of nitrogens with zero attached hydrogens (tertiary/aromatic N) is 1. The van der Waals surface area contributed by atoms with Crippen LogP contribution in [0.1, 0.15) is 45.7 Å². The molecule has 0 unspecified atom stereocenters. The summed E-state index contributed by atoms with van der Waals surface area (Å²) in [6, 6.07) is 27.8. The van der Waals surface area contributed by atoms with Crippen LogP contribution in [0, 0.1) is 17.8 Å². The quantitative estimate of drug-likeness (QED) is 0.431. The van der Waals surface area contributed by atoms with Gasteiger partial charge in [0.1, 0.15) is 5.60 Å². The lowest BCUT2D eigenvalue weighted by Crippen LogP contribution is -2.46. The van der Waals surface area contributed by atoms with Gasteiger partial charge in [0.05, 0.1) is 13.8 Å². The molecule has 1 heterocycles. The van der Waals surface area contributed by atoms with Crippen molar-refractivity contribution in [3.05, 3.63) is 90.8 Å². The minimum atomic E-state index is -0.956. The van der Waals surface area contributed by atoms with Crippen molar-refractivity contribution in [2.24, 2.45) is 17.8 Å². The van der Waals surface area contributed by atoms with Gasteiger partial charge >= 0.3 is 0 Å². The van der Waals surface area contributed by atoms with Crippen LogP contribution in [0.2, 0.25) is 0 Å². The first-order valence-corrected chi connectivity index (χ1v) is 12.4. The van der Waals surface area contributed by atoms with Crippen LogP contribution in [0.5, 0.6) is 0 Å². The molecule has 2 aromatic carbocycles. The molecule has 0 amide bonds. The maximum atomic E-state index is 7.38. The summed E-state index contributed by atoms with van der Waals surface area (Å²) < 4.78 is 7.38. The molecular formula is C27H32NOP. The number of rotatable bonds is 6. The molecule has 1 aliphatic carbocycles. The summed E-state index contributed by atoms with van der Waals surface area (Å²) in [5.41, 5.74) is 0.722. The molecule has 0 spiro atoms. The average Bonchev–Trinajstić information content (AvgIpc) is 2.79. The van der Waals surface area contributed by atoms with E-state index in [0.29, 0.717) is 17.8 Å². The lowest BCUT2D eigenvalue weighted by molar-refractivity contribution is -0.0583. The topological polar surface area (TPSA) is 22.1 Å². The molecule has 3 heteroatoms. The summed E-state index contributed by atoms with van der Waals surface area (Å²) >= 11 is 0. The van der Waals surface area contributed by atoms with Crippen LogP contribution in [0.25, 0.3) is 0 Å². The average molecular weight is 418 g/mol. The predicted octanol–water partition coefficient (Wildman–Crippen LogP) is 6.43. The smallest absolute Gasteiger partial charge is 0.118 e. The minimum Gasteiger partial charge on any atom is -0.337 e. The number of hydrogen-bond donors (Lipinski definition) is 0. The highest BCUT2D eigenvalue weighted by Crippen LogP contribution is 2.55. The summed E-state index contributed by atoms with van der Waals surface area (Å²) in [7, 11) is -0.956. The summed E-state index contributed by atoms with van der Waals surface area (Å²) in [6.45, 7) is 7.05. The molecule has 3 atom stereocenters. The van der Waals surface area contributed by atoms with Crippen LogP contribution in [0.4, 0.5) is 0 Å². The van der Waals surface area contributed by atoms with E-state index in [9.17, 15) is 0 Å². The fourth-order valence-electron chi connectivity index (χ4n) is 4.94. The second-order valence-corrected chi connectivity index (χ2v) is 10.7. The molecule has 4 rings (SSSR count). The van der Waals surface area contributed by atoms with Crippen molar-refractivity contribution in [1.29, 1.82) is 0 Å². The molecule has 0 bridgehead atoms. The van der Waals surface area contributed by atoms with Crippen LogP contribution in [0.15, 0.2) is 85.1 Å². The fourth-order valence-corrected chi connectivity index (χ4v) is 6.97. The van der Waals surface area contributed by atoms with Gasteiger partial charge in [-0.2, -0.15) is 0 Å². The second kappa shape index (κ2) is 9.41. The zero-order valence-corrected chi connectivity index (χ0v) is 19.1. The summed E-state index contributed by atoms with van der Waals surface area (Å²) in [5, 5.41) is 2.52. The van der Waals surface area contributed by atoms with Crippen molar-refractivity contribution in [2.75, 3.05) is 0 Å². The van der Waals surface area contributed by atoms with Crippen molar-refractivity contribution < 1.29 is 4.52 Å². The maximum Gasteiger partial charge on any atom is 0.118 e. The largest absolute Gasteiger partial charge is 0.337 e. The van der Waals surface area contributed by atoms with Crippen LogP contribution in [-0.4, -0.2) is 4.98 Å². The Morgan fingerprint density at radius 2 is 1.47 bits per heavy atom.